The molecule has 0 heterocycles. The third kappa shape index (κ3) is 3.52. The van der Waals surface area contributed by atoms with Crippen LogP contribution >= 0.6 is 15.9 Å². The minimum absolute atomic E-state index is 0.237. The highest BCUT2D eigenvalue weighted by Crippen LogP contribution is 2.26. The molecule has 0 amide bonds. The molecule has 1 atom stereocenters. The fourth-order valence-corrected chi connectivity index (χ4v) is 2.00. The summed E-state index contributed by atoms with van der Waals surface area (Å²) in [5.41, 5.74) is 6.42. The molecule has 0 aliphatic rings. The van der Waals surface area contributed by atoms with Crippen LogP contribution in [0.15, 0.2) is 46.9 Å². The number of nitrogens with two attached hydrogens (primary N) is 1. The molecule has 0 spiro atoms. The van der Waals surface area contributed by atoms with E-state index in [0.717, 1.165) is 5.56 Å². The van der Waals surface area contributed by atoms with Crippen molar-refractivity contribution in [2.45, 2.75) is 6.10 Å². The Balaban J connectivity index is 2.18. The molecule has 2 aromatic carbocycles. The van der Waals surface area contributed by atoms with Crippen molar-refractivity contribution in [2.24, 2.45) is 5.73 Å². The number of halogens is 3. The van der Waals surface area contributed by atoms with Crippen LogP contribution in [0.4, 0.5) is 8.78 Å². The molecule has 0 saturated heterocycles. The van der Waals surface area contributed by atoms with Crippen molar-refractivity contribution >= 4 is 15.9 Å². The van der Waals surface area contributed by atoms with E-state index in [2.05, 4.69) is 15.9 Å². The van der Waals surface area contributed by atoms with Gasteiger partial charge in [0.2, 0.25) is 0 Å². The zero-order valence-corrected chi connectivity index (χ0v) is 11.5. The van der Waals surface area contributed by atoms with E-state index in [1.54, 1.807) is 12.1 Å². The average molecular weight is 328 g/mol. The lowest BCUT2D eigenvalue weighted by atomic mass is 10.1. The van der Waals surface area contributed by atoms with Gasteiger partial charge in [-0.2, -0.15) is 0 Å². The molecule has 2 rings (SSSR count). The van der Waals surface area contributed by atoms with E-state index in [9.17, 15) is 8.78 Å². The van der Waals surface area contributed by atoms with Crippen LogP contribution in [0.25, 0.3) is 0 Å². The number of rotatable bonds is 4. The van der Waals surface area contributed by atoms with Crippen molar-refractivity contribution in [1.82, 2.24) is 0 Å². The van der Waals surface area contributed by atoms with Gasteiger partial charge in [0.25, 0.3) is 0 Å². The lowest BCUT2D eigenvalue weighted by molar-refractivity contribution is 0.213. The summed E-state index contributed by atoms with van der Waals surface area (Å²) in [7, 11) is 0. The van der Waals surface area contributed by atoms with Crippen LogP contribution in [0, 0.1) is 11.6 Å². The van der Waals surface area contributed by atoms with E-state index < -0.39 is 6.10 Å². The molecule has 0 aliphatic heterocycles. The van der Waals surface area contributed by atoms with Crippen LogP contribution < -0.4 is 10.5 Å². The molecule has 0 aliphatic carbocycles. The summed E-state index contributed by atoms with van der Waals surface area (Å²) in [5, 5.41) is 0. The van der Waals surface area contributed by atoms with Crippen LogP contribution in [0.5, 0.6) is 5.75 Å². The Morgan fingerprint density at radius 3 is 2.37 bits per heavy atom. The van der Waals surface area contributed by atoms with Crippen LogP contribution in [0.3, 0.4) is 0 Å². The lowest BCUT2D eigenvalue weighted by Crippen LogP contribution is -2.18. The van der Waals surface area contributed by atoms with Gasteiger partial charge in [0, 0.05) is 6.54 Å². The van der Waals surface area contributed by atoms with Gasteiger partial charge in [-0.25, -0.2) is 8.78 Å². The van der Waals surface area contributed by atoms with Gasteiger partial charge in [0.1, 0.15) is 23.5 Å². The van der Waals surface area contributed by atoms with Gasteiger partial charge in [-0.3, -0.25) is 0 Å². The molecule has 0 radical (unpaired) electrons. The summed E-state index contributed by atoms with van der Waals surface area (Å²) in [6.45, 7) is 0.237. The third-order valence-electron chi connectivity index (χ3n) is 2.63. The Kier molecular flexibility index (Phi) is 4.50. The van der Waals surface area contributed by atoms with E-state index in [0.29, 0.717) is 10.2 Å². The van der Waals surface area contributed by atoms with Gasteiger partial charge in [0.15, 0.2) is 0 Å². The molecular formula is C14H12BrF2NO. The summed E-state index contributed by atoms with van der Waals surface area (Å²) in [5.74, 6) is -0.185. The molecule has 19 heavy (non-hydrogen) atoms. The standard InChI is InChI=1S/C14H12BrF2NO/c15-12-7-11(5-6-13(12)17)19-14(8-18)9-1-3-10(16)4-2-9/h1-7,14H,8,18H2. The highest BCUT2D eigenvalue weighted by Gasteiger charge is 2.12. The average Bonchev–Trinajstić information content (AvgIpc) is 2.41. The van der Waals surface area contributed by atoms with Crippen molar-refractivity contribution in [3.05, 3.63) is 64.1 Å². The fourth-order valence-electron chi connectivity index (χ4n) is 1.64. The molecular weight excluding hydrogens is 316 g/mol. The number of hydrogen-bond acceptors (Lipinski definition) is 2. The summed E-state index contributed by atoms with van der Waals surface area (Å²) in [6.07, 6.45) is -0.405. The highest BCUT2D eigenvalue weighted by molar-refractivity contribution is 9.10. The molecule has 0 saturated carbocycles. The van der Waals surface area contributed by atoms with Crippen molar-refractivity contribution in [3.63, 3.8) is 0 Å². The van der Waals surface area contributed by atoms with Crippen LogP contribution in [-0.2, 0) is 0 Å². The van der Waals surface area contributed by atoms with Crippen LogP contribution in [-0.4, -0.2) is 6.54 Å². The van der Waals surface area contributed by atoms with E-state index >= 15 is 0 Å². The Hall–Kier alpha value is -1.46. The van der Waals surface area contributed by atoms with Gasteiger partial charge in [-0.1, -0.05) is 12.1 Å². The van der Waals surface area contributed by atoms with E-state index in [-0.39, 0.29) is 18.2 Å². The third-order valence-corrected chi connectivity index (χ3v) is 3.23. The Morgan fingerprint density at radius 2 is 1.79 bits per heavy atom. The predicted molar refractivity (Wildman–Crippen MR) is 72.9 cm³/mol. The molecule has 2 aromatic rings. The molecule has 2 N–H and O–H groups in total. The number of ether oxygens (including phenoxy) is 1. The molecule has 2 nitrogen and oxygen atoms in total. The second-order valence-corrected chi connectivity index (χ2v) is 4.82. The van der Waals surface area contributed by atoms with Gasteiger partial charge < -0.3 is 10.5 Å². The molecule has 1 unspecified atom stereocenters. The SMILES string of the molecule is NCC(Oc1ccc(F)c(Br)c1)c1ccc(F)cc1. The van der Waals surface area contributed by atoms with Crippen molar-refractivity contribution in [1.29, 1.82) is 0 Å². The second-order valence-electron chi connectivity index (χ2n) is 3.97. The summed E-state index contributed by atoms with van der Waals surface area (Å²) in [6, 6.07) is 10.3. The molecule has 0 aromatic heterocycles. The first-order chi connectivity index (χ1) is 9.10. The first-order valence-corrected chi connectivity index (χ1v) is 6.46. The van der Waals surface area contributed by atoms with Crippen molar-refractivity contribution in [2.75, 3.05) is 6.54 Å². The Labute approximate surface area is 118 Å². The van der Waals surface area contributed by atoms with Gasteiger partial charge in [0.05, 0.1) is 4.47 Å². The second kappa shape index (κ2) is 6.12. The Bertz CT molecular complexity index is 560. The number of hydrogen-bond donors (Lipinski definition) is 1. The van der Waals surface area contributed by atoms with Gasteiger partial charge in [-0.15, -0.1) is 0 Å². The predicted octanol–water partition coefficient (Wildman–Crippen LogP) is 3.81. The van der Waals surface area contributed by atoms with Gasteiger partial charge >= 0.3 is 0 Å². The summed E-state index contributed by atoms with van der Waals surface area (Å²) < 4.78 is 32.0. The van der Waals surface area contributed by atoms with Gasteiger partial charge in [-0.05, 0) is 51.8 Å². The summed E-state index contributed by atoms with van der Waals surface area (Å²) in [4.78, 5) is 0. The largest absolute Gasteiger partial charge is 0.484 e. The maximum atomic E-state index is 13.1. The summed E-state index contributed by atoms with van der Waals surface area (Å²) >= 11 is 3.09. The highest BCUT2D eigenvalue weighted by atomic mass is 79.9. The smallest absolute Gasteiger partial charge is 0.137 e. The quantitative estimate of drug-likeness (QED) is 0.926. The van der Waals surface area contributed by atoms with Crippen molar-refractivity contribution < 1.29 is 13.5 Å². The monoisotopic (exact) mass is 327 g/mol. The van der Waals surface area contributed by atoms with Crippen LogP contribution in [0.1, 0.15) is 11.7 Å². The maximum absolute atomic E-state index is 13.1. The van der Waals surface area contributed by atoms with E-state index in [4.69, 9.17) is 10.5 Å². The topological polar surface area (TPSA) is 35.2 Å². The molecule has 0 fully saturated rings. The maximum Gasteiger partial charge on any atom is 0.137 e. The Morgan fingerprint density at radius 1 is 1.11 bits per heavy atom. The zero-order chi connectivity index (χ0) is 13.8. The fraction of sp³-hybridized carbons (Fsp3) is 0.143. The number of benzene rings is 2. The molecule has 5 heteroatoms. The minimum atomic E-state index is -0.405. The molecule has 0 bridgehead atoms. The first-order valence-electron chi connectivity index (χ1n) is 5.67. The zero-order valence-electron chi connectivity index (χ0n) is 9.95. The molecule has 100 valence electrons. The van der Waals surface area contributed by atoms with Crippen molar-refractivity contribution in [3.8, 4) is 5.75 Å². The lowest BCUT2D eigenvalue weighted by Gasteiger charge is -2.18. The van der Waals surface area contributed by atoms with E-state index in [1.165, 1.54) is 30.3 Å². The van der Waals surface area contributed by atoms with Crippen LogP contribution in [0.2, 0.25) is 0 Å². The normalized spacial score (nSPS) is 12.2. The van der Waals surface area contributed by atoms with E-state index in [1.807, 2.05) is 0 Å². The first kappa shape index (κ1) is 14.0. The minimum Gasteiger partial charge on any atom is -0.484 e.